The molecule has 0 N–H and O–H groups in total. The predicted octanol–water partition coefficient (Wildman–Crippen LogP) is -1.38. The zero-order valence-corrected chi connectivity index (χ0v) is 14.7. The van der Waals surface area contributed by atoms with Gasteiger partial charge in [0.05, 0.1) is 5.38 Å². The molecule has 0 radical (unpaired) electrons. The summed E-state index contributed by atoms with van der Waals surface area (Å²) in [5.74, 6) is 0. The lowest BCUT2D eigenvalue weighted by atomic mass is 10.4. The van der Waals surface area contributed by atoms with Crippen LogP contribution in [0.4, 0.5) is 0 Å². The van der Waals surface area contributed by atoms with Gasteiger partial charge in [-0.3, -0.25) is 0 Å². The Morgan fingerprint density at radius 2 is 1.82 bits per heavy atom. The Kier molecular flexibility index (Phi) is 8.77. The molecule has 1 heterocycles. The second kappa shape index (κ2) is 8.54. The summed E-state index contributed by atoms with van der Waals surface area (Å²) in [4.78, 5) is 0. The molecule has 0 atom stereocenters. The van der Waals surface area contributed by atoms with Gasteiger partial charge in [0.1, 0.15) is 6.54 Å². The molecule has 0 aliphatic rings. The molecule has 0 unspecified atom stereocenters. The summed E-state index contributed by atoms with van der Waals surface area (Å²) < 4.78 is 18.4. The van der Waals surface area contributed by atoms with E-state index in [4.69, 9.17) is 13.3 Å². The molecule has 0 saturated heterocycles. The van der Waals surface area contributed by atoms with Crippen molar-refractivity contribution in [1.82, 2.24) is 0 Å². The van der Waals surface area contributed by atoms with E-state index in [1.165, 1.54) is 5.69 Å². The van der Waals surface area contributed by atoms with Crippen LogP contribution in [0.1, 0.15) is 12.1 Å². The molecule has 1 rings (SSSR count). The van der Waals surface area contributed by atoms with Crippen molar-refractivity contribution in [2.45, 2.75) is 25.9 Å². The van der Waals surface area contributed by atoms with Crippen molar-refractivity contribution >= 4 is 20.1 Å². The number of aryl methyl sites for hydroxylation is 2. The predicted molar refractivity (Wildman–Crippen MR) is 65.5 cm³/mol. The number of hydrogen-bond acceptors (Lipinski definition) is 4. The maximum Gasteiger partial charge on any atom is 0.500 e. The second-order valence-corrected chi connectivity index (χ2v) is 7.40. The molecule has 100 valence electrons. The first-order valence-corrected chi connectivity index (χ1v) is 8.12. The Hall–Kier alpha value is 0.457. The molecule has 0 fully saturated rings. The van der Waals surface area contributed by atoms with E-state index >= 15 is 0 Å². The Bertz CT molecular complexity index is 312. The van der Waals surface area contributed by atoms with E-state index in [1.807, 2.05) is 0 Å². The van der Waals surface area contributed by atoms with Crippen molar-refractivity contribution < 1.29 is 41.8 Å². The van der Waals surface area contributed by atoms with Crippen LogP contribution in [-0.4, -0.2) is 30.1 Å². The Morgan fingerprint density at radius 3 is 2.24 bits per heavy atom. The molecule has 0 spiro atoms. The van der Waals surface area contributed by atoms with Crippen LogP contribution >= 0.6 is 11.3 Å². The van der Waals surface area contributed by atoms with E-state index in [0.717, 1.165) is 19.0 Å². The minimum atomic E-state index is -2.38. The molecule has 1 aromatic heterocycles. The van der Waals surface area contributed by atoms with E-state index in [1.54, 1.807) is 32.7 Å². The van der Waals surface area contributed by atoms with Crippen LogP contribution in [-0.2, 0) is 19.8 Å². The molecule has 7 heteroatoms. The molecule has 4 nitrogen and oxygen atoms in total. The van der Waals surface area contributed by atoms with Crippen molar-refractivity contribution in [3.05, 3.63) is 16.6 Å². The normalized spacial score (nSPS) is 11.3. The third-order valence-electron chi connectivity index (χ3n) is 2.69. The lowest BCUT2D eigenvalue weighted by molar-refractivity contribution is -0.698. The average molecular weight is 389 g/mol. The molecular weight excluding hydrogens is 369 g/mol. The van der Waals surface area contributed by atoms with Crippen molar-refractivity contribution in [2.75, 3.05) is 21.3 Å². The van der Waals surface area contributed by atoms with Gasteiger partial charge in [0.15, 0.2) is 5.69 Å². The van der Waals surface area contributed by atoms with Gasteiger partial charge in [-0.1, -0.05) is 11.3 Å². The SMILES string of the molecule is CO[Si](CCC[n+]1cscc1C)(OC)OC.[I-]. The highest BCUT2D eigenvalue weighted by Gasteiger charge is 2.37. The minimum absolute atomic E-state index is 0. The number of aromatic nitrogens is 1. The monoisotopic (exact) mass is 389 g/mol. The second-order valence-electron chi connectivity index (χ2n) is 3.59. The van der Waals surface area contributed by atoms with E-state index in [9.17, 15) is 0 Å². The summed E-state index contributed by atoms with van der Waals surface area (Å²) in [5.41, 5.74) is 3.43. The fourth-order valence-corrected chi connectivity index (χ4v) is 4.12. The maximum absolute atomic E-state index is 5.37. The Morgan fingerprint density at radius 1 is 1.24 bits per heavy atom. The van der Waals surface area contributed by atoms with Crippen LogP contribution in [0.2, 0.25) is 6.04 Å². The van der Waals surface area contributed by atoms with E-state index in [2.05, 4.69) is 22.4 Å². The summed E-state index contributed by atoms with van der Waals surface area (Å²) >= 11 is 1.72. The number of halogens is 1. The first kappa shape index (κ1) is 17.5. The molecular formula is C10H20INO3SSi. The van der Waals surface area contributed by atoms with E-state index in [0.29, 0.717) is 0 Å². The quantitative estimate of drug-likeness (QED) is 0.327. The summed E-state index contributed by atoms with van der Waals surface area (Å²) in [6.07, 6.45) is 1.00. The number of hydrogen-bond donors (Lipinski definition) is 0. The van der Waals surface area contributed by atoms with Gasteiger partial charge in [-0.15, -0.1) is 0 Å². The smallest absolute Gasteiger partial charge is 0.500 e. The van der Waals surface area contributed by atoms with Crippen LogP contribution in [0, 0.1) is 6.92 Å². The lowest BCUT2D eigenvalue weighted by Crippen LogP contribution is -3.00. The number of nitrogens with zero attached hydrogens (tertiary/aromatic N) is 1. The minimum Gasteiger partial charge on any atom is -1.00 e. The van der Waals surface area contributed by atoms with Crippen LogP contribution in [0.15, 0.2) is 10.9 Å². The summed E-state index contributed by atoms with van der Waals surface area (Å²) in [6, 6.07) is 0.846. The van der Waals surface area contributed by atoms with Crippen LogP contribution in [0.5, 0.6) is 0 Å². The lowest BCUT2D eigenvalue weighted by Gasteiger charge is -2.23. The Labute approximate surface area is 125 Å². The van der Waals surface area contributed by atoms with Gasteiger partial charge in [-0.25, -0.2) is 0 Å². The Balaban J connectivity index is 0.00000256. The summed E-state index contributed by atoms with van der Waals surface area (Å²) in [7, 11) is 2.59. The summed E-state index contributed by atoms with van der Waals surface area (Å²) in [6.45, 7) is 3.10. The molecule has 0 aliphatic heterocycles. The largest absolute Gasteiger partial charge is 1.00 e. The van der Waals surface area contributed by atoms with Gasteiger partial charge < -0.3 is 37.3 Å². The molecule has 0 saturated carbocycles. The molecule has 0 bridgehead atoms. The van der Waals surface area contributed by atoms with Crippen molar-refractivity contribution in [3.63, 3.8) is 0 Å². The van der Waals surface area contributed by atoms with Crippen molar-refractivity contribution in [1.29, 1.82) is 0 Å². The zero-order valence-electron chi connectivity index (χ0n) is 10.7. The summed E-state index contributed by atoms with van der Waals surface area (Å²) in [5, 5.41) is 2.15. The molecule has 0 aliphatic carbocycles. The van der Waals surface area contributed by atoms with Crippen LogP contribution in [0.3, 0.4) is 0 Å². The third-order valence-corrected chi connectivity index (χ3v) is 6.38. The topological polar surface area (TPSA) is 31.6 Å². The van der Waals surface area contributed by atoms with Gasteiger partial charge in [0.2, 0.25) is 5.51 Å². The highest BCUT2D eigenvalue weighted by molar-refractivity contribution is 7.07. The zero-order chi connectivity index (χ0) is 12.0. The van der Waals surface area contributed by atoms with Crippen molar-refractivity contribution in [3.8, 4) is 0 Å². The van der Waals surface area contributed by atoms with E-state index < -0.39 is 8.80 Å². The molecule has 1 aromatic rings. The fourth-order valence-electron chi connectivity index (χ4n) is 1.60. The standard InChI is InChI=1S/C10H20NO3SSi.HI/c1-10-8-15-9-11(10)6-5-7-16(12-2,13-3)14-4;/h8-9H,5-7H2,1-4H3;1H/q+1;/p-1. The molecule has 0 amide bonds. The van der Waals surface area contributed by atoms with E-state index in [-0.39, 0.29) is 24.0 Å². The number of thiazole rings is 1. The third kappa shape index (κ3) is 4.91. The van der Waals surface area contributed by atoms with Gasteiger partial charge >= 0.3 is 8.80 Å². The van der Waals surface area contributed by atoms with Gasteiger partial charge in [0.25, 0.3) is 0 Å². The van der Waals surface area contributed by atoms with Crippen LogP contribution in [0.25, 0.3) is 0 Å². The first-order chi connectivity index (χ1) is 7.67. The van der Waals surface area contributed by atoms with Crippen molar-refractivity contribution in [2.24, 2.45) is 0 Å². The van der Waals surface area contributed by atoms with Crippen LogP contribution < -0.4 is 28.5 Å². The highest BCUT2D eigenvalue weighted by atomic mass is 127. The molecule has 17 heavy (non-hydrogen) atoms. The van der Waals surface area contributed by atoms with Gasteiger partial charge in [0, 0.05) is 40.7 Å². The highest BCUT2D eigenvalue weighted by Crippen LogP contribution is 2.14. The van der Waals surface area contributed by atoms with Gasteiger partial charge in [-0.05, 0) is 0 Å². The molecule has 0 aromatic carbocycles. The number of rotatable bonds is 7. The average Bonchev–Trinajstić information content (AvgIpc) is 2.71. The first-order valence-electron chi connectivity index (χ1n) is 5.25. The van der Waals surface area contributed by atoms with Gasteiger partial charge in [-0.2, -0.15) is 4.57 Å². The fraction of sp³-hybridized carbons (Fsp3) is 0.700. The maximum atomic E-state index is 5.37.